The lowest BCUT2D eigenvalue weighted by Crippen LogP contribution is -2.54. The summed E-state index contributed by atoms with van der Waals surface area (Å²) in [6.45, 7) is 10.9. The van der Waals surface area contributed by atoms with Crippen LogP contribution < -0.4 is 10.6 Å². The van der Waals surface area contributed by atoms with Gasteiger partial charge in [0, 0.05) is 60.7 Å². The van der Waals surface area contributed by atoms with Crippen molar-refractivity contribution in [2.45, 2.75) is 123 Å². The molecular weight excluding hydrogens is 748 g/mol. The number of H-pyrrole nitrogens is 1. The van der Waals surface area contributed by atoms with Gasteiger partial charge in [-0.05, 0) is 62.9 Å². The van der Waals surface area contributed by atoms with Crippen molar-refractivity contribution in [3.8, 4) is 11.5 Å². The van der Waals surface area contributed by atoms with Crippen molar-refractivity contribution in [1.29, 1.82) is 0 Å². The maximum Gasteiger partial charge on any atom is 0.245 e. The number of alkyl halides is 2. The second-order valence-electron chi connectivity index (χ2n) is 16.7. The van der Waals surface area contributed by atoms with Crippen LogP contribution in [0.15, 0.2) is 42.5 Å². The minimum atomic E-state index is -1.30. The Morgan fingerprint density at radius 3 is 2.24 bits per heavy atom. The van der Waals surface area contributed by atoms with Gasteiger partial charge in [-0.15, -0.1) is 0 Å². The molecule has 8 atom stereocenters. The number of imidazole rings is 1. The Kier molecular flexibility index (Phi) is 13.3. The van der Waals surface area contributed by atoms with Gasteiger partial charge in [0.25, 0.3) is 0 Å². The number of ketones is 1. The van der Waals surface area contributed by atoms with Gasteiger partial charge in [0.05, 0.1) is 41.9 Å². The molecule has 0 saturated carbocycles. The first-order valence-electron chi connectivity index (χ1n) is 20.8. The summed E-state index contributed by atoms with van der Waals surface area (Å²) in [5.74, 6) is -2.12. The number of halogens is 3. The number of benzene rings is 2. The van der Waals surface area contributed by atoms with E-state index in [-0.39, 0.29) is 80.7 Å². The van der Waals surface area contributed by atoms with Crippen molar-refractivity contribution in [2.24, 2.45) is 17.8 Å². The average Bonchev–Trinajstić information content (AvgIpc) is 3.97. The predicted molar refractivity (Wildman–Crippen MR) is 219 cm³/mol. The summed E-state index contributed by atoms with van der Waals surface area (Å²) in [6.07, 6.45) is -1.00. The van der Waals surface area contributed by atoms with Gasteiger partial charge in [-0.25, -0.2) is 18.2 Å². The van der Waals surface area contributed by atoms with Crippen LogP contribution in [0, 0.1) is 23.6 Å². The number of para-hydroxylation sites is 1. The molecule has 14 heteroatoms. The fourth-order valence-electron chi connectivity index (χ4n) is 8.55. The lowest BCUT2D eigenvalue weighted by molar-refractivity contribution is -0.139. The highest BCUT2D eigenvalue weighted by molar-refractivity contribution is 5.93. The molecule has 4 heterocycles. The number of hydrogen-bond acceptors (Lipinski definition) is 6. The van der Waals surface area contributed by atoms with E-state index in [4.69, 9.17) is 4.98 Å². The molecule has 58 heavy (non-hydrogen) atoms. The summed E-state index contributed by atoms with van der Waals surface area (Å²) >= 11 is 0. The Hall–Kier alpha value is -4.72. The zero-order valence-electron chi connectivity index (χ0n) is 34.7. The maximum atomic E-state index is 15.4. The van der Waals surface area contributed by atoms with Crippen LogP contribution in [0.3, 0.4) is 0 Å². The van der Waals surface area contributed by atoms with Crippen LogP contribution in [0.25, 0.3) is 33.5 Å². The Morgan fingerprint density at radius 2 is 1.59 bits per heavy atom. The standard InChI is InChI=1S/C44H58F3N7O4/c1-8-25(5)42(56)51-39(24(3)4)44(58)53-22-30(47)18-32(53)23-54-37-15-14-28(45)19-36(37)50-41(54)40-34(33-12-10-11-13-35(33)49-40)20-31-17-29(46)21-52(31)43(57)27(9-2)16-38(55)26(6)48-7/h10-15,19,24-27,29-32,39,48-49H,8-9,16-18,20-23H2,1-7H3,(H,51,56). The number of fused-ring (bicyclic) bond motifs is 2. The lowest BCUT2D eigenvalue weighted by Gasteiger charge is -2.32. The third kappa shape index (κ3) is 8.81. The van der Waals surface area contributed by atoms with E-state index in [1.807, 2.05) is 56.5 Å². The largest absolute Gasteiger partial charge is 0.352 e. The summed E-state index contributed by atoms with van der Waals surface area (Å²) in [7, 11) is 1.69. The molecule has 0 bridgehead atoms. The smallest absolute Gasteiger partial charge is 0.245 e. The normalized spacial score (nSPS) is 21.8. The van der Waals surface area contributed by atoms with E-state index in [1.54, 1.807) is 31.9 Å². The molecule has 8 unspecified atom stereocenters. The minimum Gasteiger partial charge on any atom is -0.352 e. The number of Topliss-reactive ketones (excluding diaryl/α,β-unsaturated/α-hetero) is 1. The van der Waals surface area contributed by atoms with Gasteiger partial charge in [-0.2, -0.15) is 0 Å². The molecule has 314 valence electrons. The molecule has 0 aliphatic carbocycles. The fourth-order valence-corrected chi connectivity index (χ4v) is 8.55. The second-order valence-corrected chi connectivity index (χ2v) is 16.7. The number of carbonyl (C=O) groups is 4. The number of amides is 3. The number of likely N-dealkylation sites (N-methyl/N-ethyl adjacent to an activating group) is 1. The molecule has 6 rings (SSSR count). The maximum absolute atomic E-state index is 15.4. The van der Waals surface area contributed by atoms with Crippen LogP contribution >= 0.6 is 0 Å². The average molecular weight is 806 g/mol. The predicted octanol–water partition coefficient (Wildman–Crippen LogP) is 6.52. The molecule has 2 aromatic heterocycles. The van der Waals surface area contributed by atoms with Gasteiger partial charge in [0.1, 0.15) is 30.0 Å². The summed E-state index contributed by atoms with van der Waals surface area (Å²) < 4.78 is 47.5. The van der Waals surface area contributed by atoms with Gasteiger partial charge in [-0.1, -0.05) is 52.8 Å². The van der Waals surface area contributed by atoms with E-state index in [9.17, 15) is 23.6 Å². The SMILES string of the molecule is CCC(C)C(=O)NC(C(=O)N1CC(F)CC1Cn1c(-c2[nH]c3ccccc3c2CC2CC(F)CN2C(=O)C(CC)CC(=O)C(C)NC)nc2cc(F)ccc21)C(C)C. The van der Waals surface area contributed by atoms with E-state index >= 15 is 8.78 Å². The number of likely N-dealkylation sites (tertiary alicyclic amines) is 2. The number of nitrogens with one attached hydrogen (secondary N) is 3. The molecule has 2 aliphatic rings. The molecule has 3 amide bonds. The molecule has 0 radical (unpaired) electrons. The van der Waals surface area contributed by atoms with Gasteiger partial charge >= 0.3 is 0 Å². The van der Waals surface area contributed by atoms with E-state index in [2.05, 4.69) is 15.6 Å². The second kappa shape index (κ2) is 18.0. The Bertz CT molecular complexity index is 2130. The van der Waals surface area contributed by atoms with Crippen molar-refractivity contribution >= 4 is 45.4 Å². The lowest BCUT2D eigenvalue weighted by atomic mass is 9.94. The highest BCUT2D eigenvalue weighted by Crippen LogP contribution is 2.37. The molecule has 3 N–H and O–H groups in total. The van der Waals surface area contributed by atoms with Crippen LogP contribution in [0.5, 0.6) is 0 Å². The monoisotopic (exact) mass is 805 g/mol. The Morgan fingerprint density at radius 1 is 0.914 bits per heavy atom. The van der Waals surface area contributed by atoms with Gasteiger partial charge in [-0.3, -0.25) is 19.2 Å². The number of carbonyl (C=O) groups excluding carboxylic acids is 4. The highest BCUT2D eigenvalue weighted by atomic mass is 19.1. The quantitative estimate of drug-likeness (QED) is 0.118. The van der Waals surface area contributed by atoms with Gasteiger partial charge < -0.3 is 30.0 Å². The third-order valence-electron chi connectivity index (χ3n) is 12.4. The van der Waals surface area contributed by atoms with Gasteiger partial charge in [0.2, 0.25) is 17.7 Å². The van der Waals surface area contributed by atoms with E-state index in [0.29, 0.717) is 35.4 Å². The van der Waals surface area contributed by atoms with Crippen molar-refractivity contribution in [3.05, 3.63) is 53.8 Å². The Balaban J connectivity index is 1.39. The zero-order valence-corrected chi connectivity index (χ0v) is 34.7. The van der Waals surface area contributed by atoms with Crippen molar-refractivity contribution < 1.29 is 32.3 Å². The first kappa shape index (κ1) is 42.9. The molecular formula is C44H58F3N7O4. The van der Waals surface area contributed by atoms with E-state index in [1.165, 1.54) is 17.0 Å². The van der Waals surface area contributed by atoms with Crippen molar-refractivity contribution in [3.63, 3.8) is 0 Å². The van der Waals surface area contributed by atoms with E-state index < -0.39 is 48.2 Å². The van der Waals surface area contributed by atoms with Crippen molar-refractivity contribution in [2.75, 3.05) is 20.1 Å². The summed E-state index contributed by atoms with van der Waals surface area (Å²) in [5, 5.41) is 6.70. The fraction of sp³-hybridized carbons (Fsp3) is 0.568. The molecule has 4 aromatic rings. The van der Waals surface area contributed by atoms with Crippen LogP contribution in [-0.2, 0) is 32.1 Å². The summed E-state index contributed by atoms with van der Waals surface area (Å²) in [5.41, 5.74) is 3.09. The van der Waals surface area contributed by atoms with Crippen LogP contribution in [0.4, 0.5) is 13.2 Å². The minimum absolute atomic E-state index is 0.0546. The topological polar surface area (TPSA) is 132 Å². The highest BCUT2D eigenvalue weighted by Gasteiger charge is 2.42. The molecule has 0 spiro atoms. The number of hydrogen-bond donors (Lipinski definition) is 3. The first-order valence-corrected chi connectivity index (χ1v) is 20.8. The van der Waals surface area contributed by atoms with Crippen LogP contribution in [-0.4, -0.2) is 104 Å². The number of aromatic amines is 1. The molecule has 2 aliphatic heterocycles. The molecule has 11 nitrogen and oxygen atoms in total. The van der Waals surface area contributed by atoms with Crippen molar-refractivity contribution in [1.82, 2.24) is 35.0 Å². The number of aromatic nitrogens is 3. The zero-order chi connectivity index (χ0) is 42.0. The van der Waals surface area contributed by atoms with E-state index in [0.717, 1.165) is 16.5 Å². The molecule has 2 aromatic carbocycles. The van der Waals surface area contributed by atoms with Gasteiger partial charge in [0.15, 0.2) is 5.82 Å². The van der Waals surface area contributed by atoms with Crippen LogP contribution in [0.2, 0.25) is 0 Å². The number of nitrogens with zero attached hydrogens (tertiary/aromatic N) is 4. The summed E-state index contributed by atoms with van der Waals surface area (Å²) in [4.78, 5) is 65.7. The Labute approximate surface area is 338 Å². The third-order valence-corrected chi connectivity index (χ3v) is 12.4. The first-order chi connectivity index (χ1) is 27.6. The van der Waals surface area contributed by atoms with Crippen LogP contribution in [0.1, 0.15) is 79.2 Å². The molecule has 2 fully saturated rings. The number of rotatable bonds is 16. The summed E-state index contributed by atoms with van der Waals surface area (Å²) in [6, 6.07) is 9.53. The molecule has 2 saturated heterocycles.